The summed E-state index contributed by atoms with van der Waals surface area (Å²) in [6.45, 7) is 2.04. The van der Waals surface area contributed by atoms with Crippen molar-refractivity contribution in [3.8, 4) is 0 Å². The Labute approximate surface area is 121 Å². The third-order valence-electron chi connectivity index (χ3n) is 4.68. The Kier molecular flexibility index (Phi) is 5.99. The Hall–Kier alpha value is -0.930. The van der Waals surface area contributed by atoms with Crippen LogP contribution in [0.3, 0.4) is 0 Å². The molecule has 0 bridgehead atoms. The van der Waals surface area contributed by atoms with Crippen LogP contribution < -0.4 is 11.3 Å². The average molecular weight is 278 g/mol. The topological polar surface area (TPSA) is 38.0 Å². The van der Waals surface area contributed by atoms with Gasteiger partial charge in [0, 0.05) is 6.04 Å². The zero-order valence-corrected chi connectivity index (χ0v) is 12.5. The first-order valence-corrected chi connectivity index (χ1v) is 7.92. The summed E-state index contributed by atoms with van der Waals surface area (Å²) < 4.78 is 13.4. The summed E-state index contributed by atoms with van der Waals surface area (Å²) in [6, 6.07) is 5.30. The van der Waals surface area contributed by atoms with E-state index in [1.165, 1.54) is 51.0 Å². The predicted molar refractivity (Wildman–Crippen MR) is 81.8 cm³/mol. The lowest BCUT2D eigenvalue weighted by Gasteiger charge is -2.28. The van der Waals surface area contributed by atoms with Crippen LogP contribution in [-0.4, -0.2) is 6.04 Å². The van der Waals surface area contributed by atoms with Gasteiger partial charge in [-0.2, -0.15) is 0 Å². The highest BCUT2D eigenvalue weighted by Gasteiger charge is 2.22. The molecule has 0 saturated heterocycles. The Morgan fingerprint density at radius 2 is 1.85 bits per heavy atom. The fourth-order valence-corrected chi connectivity index (χ4v) is 3.35. The molecular formula is C17H27FN2. The van der Waals surface area contributed by atoms with Crippen LogP contribution in [-0.2, 0) is 6.42 Å². The third-order valence-corrected chi connectivity index (χ3v) is 4.68. The van der Waals surface area contributed by atoms with Gasteiger partial charge in [0.1, 0.15) is 5.82 Å². The van der Waals surface area contributed by atoms with Crippen LogP contribution >= 0.6 is 0 Å². The van der Waals surface area contributed by atoms with Gasteiger partial charge < -0.3 is 0 Å². The number of hydrazine groups is 1. The number of nitrogens with two attached hydrogens (primary N) is 1. The van der Waals surface area contributed by atoms with Gasteiger partial charge in [-0.3, -0.25) is 11.3 Å². The van der Waals surface area contributed by atoms with Crippen molar-refractivity contribution in [1.82, 2.24) is 5.43 Å². The first-order chi connectivity index (χ1) is 9.70. The summed E-state index contributed by atoms with van der Waals surface area (Å²) >= 11 is 0. The molecular weight excluding hydrogens is 251 g/mol. The highest BCUT2D eigenvalue weighted by atomic mass is 19.1. The van der Waals surface area contributed by atoms with Crippen molar-refractivity contribution in [2.24, 2.45) is 11.8 Å². The lowest BCUT2D eigenvalue weighted by atomic mass is 9.83. The van der Waals surface area contributed by atoms with Gasteiger partial charge in [0.05, 0.1) is 0 Å². The van der Waals surface area contributed by atoms with Crippen LogP contribution in [0.2, 0.25) is 0 Å². The molecule has 20 heavy (non-hydrogen) atoms. The van der Waals surface area contributed by atoms with Crippen LogP contribution in [0.5, 0.6) is 0 Å². The van der Waals surface area contributed by atoms with Gasteiger partial charge in [-0.15, -0.1) is 0 Å². The van der Waals surface area contributed by atoms with Gasteiger partial charge >= 0.3 is 0 Å². The van der Waals surface area contributed by atoms with E-state index in [1.807, 2.05) is 13.0 Å². The second kappa shape index (κ2) is 7.75. The van der Waals surface area contributed by atoms with Gasteiger partial charge in [-0.25, -0.2) is 4.39 Å². The van der Waals surface area contributed by atoms with E-state index in [9.17, 15) is 4.39 Å². The highest BCUT2D eigenvalue weighted by molar-refractivity contribution is 5.27. The average Bonchev–Trinajstić information content (AvgIpc) is 2.40. The largest absolute Gasteiger partial charge is 0.271 e. The Balaban J connectivity index is 2.04. The maximum Gasteiger partial charge on any atom is 0.123 e. The van der Waals surface area contributed by atoms with Crippen molar-refractivity contribution in [3.05, 3.63) is 35.1 Å². The summed E-state index contributed by atoms with van der Waals surface area (Å²) in [5, 5.41) is 0. The van der Waals surface area contributed by atoms with Gasteiger partial charge in [0.15, 0.2) is 0 Å². The monoisotopic (exact) mass is 278 g/mol. The van der Waals surface area contributed by atoms with Crippen molar-refractivity contribution in [2.45, 2.75) is 64.3 Å². The van der Waals surface area contributed by atoms with Crippen molar-refractivity contribution >= 4 is 0 Å². The molecule has 1 aromatic carbocycles. The lowest BCUT2D eigenvalue weighted by molar-refractivity contribution is 0.284. The number of hydrogen-bond donors (Lipinski definition) is 2. The number of nitrogens with one attached hydrogen (secondary N) is 1. The zero-order valence-electron chi connectivity index (χ0n) is 12.5. The minimum Gasteiger partial charge on any atom is -0.271 e. The molecule has 0 heterocycles. The molecule has 3 heteroatoms. The number of aryl methyl sites for hydroxylation is 1. The van der Waals surface area contributed by atoms with Crippen LogP contribution in [0, 0.1) is 18.7 Å². The van der Waals surface area contributed by atoms with E-state index in [2.05, 4.69) is 5.43 Å². The quantitative estimate of drug-likeness (QED) is 0.648. The fraction of sp³-hybridized carbons (Fsp3) is 0.647. The maximum atomic E-state index is 13.4. The molecule has 3 N–H and O–H groups in total. The second-order valence-electron chi connectivity index (χ2n) is 6.15. The second-order valence-corrected chi connectivity index (χ2v) is 6.15. The standard InChI is InChI=1S/C17H27FN2/c1-13-9-10-16(18)11-15(13)12-17(20-19)14-7-5-3-2-4-6-8-14/h9-11,14,17,20H,2-8,12,19H2,1H3. The Bertz CT molecular complexity index is 411. The van der Waals surface area contributed by atoms with E-state index >= 15 is 0 Å². The molecule has 2 nitrogen and oxygen atoms in total. The van der Waals surface area contributed by atoms with Crippen molar-refractivity contribution in [1.29, 1.82) is 0 Å². The van der Waals surface area contributed by atoms with Crippen molar-refractivity contribution < 1.29 is 4.39 Å². The van der Waals surface area contributed by atoms with Crippen molar-refractivity contribution in [3.63, 3.8) is 0 Å². The summed E-state index contributed by atoms with van der Waals surface area (Å²) in [4.78, 5) is 0. The molecule has 112 valence electrons. The maximum absolute atomic E-state index is 13.4. The molecule has 0 radical (unpaired) electrons. The summed E-state index contributed by atoms with van der Waals surface area (Å²) in [7, 11) is 0. The zero-order chi connectivity index (χ0) is 14.4. The van der Waals surface area contributed by atoms with Gasteiger partial charge in [-0.1, -0.05) is 38.2 Å². The molecule has 0 aliphatic heterocycles. The first-order valence-electron chi connectivity index (χ1n) is 7.92. The smallest absolute Gasteiger partial charge is 0.123 e. The summed E-state index contributed by atoms with van der Waals surface area (Å²) in [5.41, 5.74) is 5.22. The minimum atomic E-state index is -0.154. The molecule has 1 aromatic rings. The van der Waals surface area contributed by atoms with Gasteiger partial charge in [0.25, 0.3) is 0 Å². The molecule has 1 unspecified atom stereocenters. The molecule has 0 spiro atoms. The lowest BCUT2D eigenvalue weighted by Crippen LogP contribution is -2.42. The van der Waals surface area contributed by atoms with E-state index in [1.54, 1.807) is 6.07 Å². The predicted octanol–water partition coefficient (Wildman–Crippen LogP) is 3.87. The normalized spacial score (nSPS) is 19.4. The molecule has 1 fully saturated rings. The Morgan fingerprint density at radius 3 is 2.50 bits per heavy atom. The van der Waals surface area contributed by atoms with Crippen molar-refractivity contribution in [2.75, 3.05) is 0 Å². The minimum absolute atomic E-state index is 0.154. The fourth-order valence-electron chi connectivity index (χ4n) is 3.35. The summed E-state index contributed by atoms with van der Waals surface area (Å²) in [6.07, 6.45) is 9.95. The molecule has 1 saturated carbocycles. The molecule has 1 atom stereocenters. The molecule has 1 aliphatic carbocycles. The van der Waals surface area contributed by atoms with E-state index in [0.29, 0.717) is 5.92 Å². The van der Waals surface area contributed by atoms with Crippen LogP contribution in [0.15, 0.2) is 18.2 Å². The van der Waals surface area contributed by atoms with Gasteiger partial charge in [-0.05, 0) is 55.4 Å². The Morgan fingerprint density at radius 1 is 1.20 bits per heavy atom. The highest BCUT2D eigenvalue weighted by Crippen LogP contribution is 2.27. The van der Waals surface area contributed by atoms with E-state index in [0.717, 1.165) is 17.5 Å². The number of halogens is 1. The summed E-state index contributed by atoms with van der Waals surface area (Å²) in [5.74, 6) is 6.25. The SMILES string of the molecule is Cc1ccc(F)cc1CC(NN)C1CCCCCCC1. The molecule has 0 aromatic heterocycles. The van der Waals surface area contributed by atoms with Crippen LogP contribution in [0.4, 0.5) is 4.39 Å². The molecule has 2 rings (SSSR count). The van der Waals surface area contributed by atoms with E-state index < -0.39 is 0 Å². The van der Waals surface area contributed by atoms with E-state index in [-0.39, 0.29) is 11.9 Å². The van der Waals surface area contributed by atoms with E-state index in [4.69, 9.17) is 5.84 Å². The van der Waals surface area contributed by atoms with Crippen LogP contribution in [0.25, 0.3) is 0 Å². The number of rotatable bonds is 4. The molecule has 1 aliphatic rings. The number of benzene rings is 1. The number of hydrogen-bond acceptors (Lipinski definition) is 2. The van der Waals surface area contributed by atoms with Gasteiger partial charge in [0.2, 0.25) is 0 Å². The van der Waals surface area contributed by atoms with Crippen LogP contribution in [0.1, 0.15) is 56.1 Å². The molecule has 0 amide bonds. The third kappa shape index (κ3) is 4.29. The first kappa shape index (κ1) is 15.5.